The molecule has 2 aromatic heterocycles. The number of alkyl halides is 3. The number of hydrogen-bond acceptors (Lipinski definition) is 8. The summed E-state index contributed by atoms with van der Waals surface area (Å²) in [6.45, 7) is 1.20. The highest BCUT2D eigenvalue weighted by Crippen LogP contribution is 2.41. The fourth-order valence-corrected chi connectivity index (χ4v) is 6.38. The second kappa shape index (κ2) is 13.4. The molecule has 1 saturated heterocycles. The van der Waals surface area contributed by atoms with E-state index < -0.39 is 24.5 Å². The molecule has 0 aliphatic carbocycles. The van der Waals surface area contributed by atoms with E-state index in [0.717, 1.165) is 41.9 Å². The first-order valence-electron chi connectivity index (χ1n) is 15.1. The molecular formula is C32H34ClF4N7O3. The molecule has 10 nitrogen and oxygen atoms in total. The van der Waals surface area contributed by atoms with Crippen LogP contribution in [0.5, 0.6) is 5.88 Å². The van der Waals surface area contributed by atoms with Gasteiger partial charge in [-0.15, -0.1) is 5.10 Å². The number of methoxy groups -OCH3 is 1. The number of esters is 1. The first-order valence-corrected chi connectivity index (χ1v) is 15.5. The Hall–Kier alpha value is -4.30. The molecule has 47 heavy (non-hydrogen) atoms. The second-order valence-corrected chi connectivity index (χ2v) is 12.2. The number of hydrogen-bond donors (Lipinski definition) is 0. The van der Waals surface area contributed by atoms with Gasteiger partial charge in [-0.05, 0) is 43.2 Å². The smallest absolute Gasteiger partial charge is 0.406 e. The summed E-state index contributed by atoms with van der Waals surface area (Å²) >= 11 is 5.83. The van der Waals surface area contributed by atoms with E-state index in [2.05, 4.69) is 19.9 Å². The normalized spacial score (nSPS) is 17.3. The maximum atomic E-state index is 14.1. The molecule has 2 aromatic carbocycles. The van der Waals surface area contributed by atoms with Crippen LogP contribution in [0.4, 0.5) is 28.9 Å². The molecule has 4 aromatic rings. The van der Waals surface area contributed by atoms with Crippen LogP contribution in [0.15, 0.2) is 61.2 Å². The van der Waals surface area contributed by atoms with Crippen molar-refractivity contribution in [1.29, 1.82) is 0 Å². The van der Waals surface area contributed by atoms with Gasteiger partial charge < -0.3 is 23.8 Å². The van der Waals surface area contributed by atoms with Gasteiger partial charge in [-0.25, -0.2) is 14.2 Å². The molecular weight excluding hydrogens is 642 g/mol. The molecule has 1 fully saturated rings. The van der Waals surface area contributed by atoms with Crippen LogP contribution in [0.2, 0.25) is 5.02 Å². The first kappa shape index (κ1) is 32.6. The van der Waals surface area contributed by atoms with Crippen LogP contribution in [-0.4, -0.2) is 76.3 Å². The molecule has 0 N–H and O–H groups in total. The summed E-state index contributed by atoms with van der Waals surface area (Å²) < 4.78 is 67.7. The summed E-state index contributed by atoms with van der Waals surface area (Å²) in [5.41, 5.74) is 2.75. The van der Waals surface area contributed by atoms with Gasteiger partial charge in [0.2, 0.25) is 5.88 Å². The average molecular weight is 676 g/mol. The summed E-state index contributed by atoms with van der Waals surface area (Å²) in [6.07, 6.45) is 1.53. The Morgan fingerprint density at radius 3 is 2.60 bits per heavy atom. The molecule has 0 radical (unpaired) electrons. The van der Waals surface area contributed by atoms with Crippen molar-refractivity contribution in [3.63, 3.8) is 0 Å². The number of carbonyl (C=O) groups excluding carboxylic acids is 1. The maximum Gasteiger partial charge on any atom is 0.406 e. The molecule has 2 aliphatic heterocycles. The highest BCUT2D eigenvalue weighted by Gasteiger charge is 2.37. The van der Waals surface area contributed by atoms with Crippen molar-refractivity contribution in [1.82, 2.24) is 24.2 Å². The van der Waals surface area contributed by atoms with E-state index in [-0.39, 0.29) is 25.4 Å². The topological polar surface area (TPSA) is 80.9 Å². The van der Waals surface area contributed by atoms with E-state index >= 15 is 0 Å². The molecule has 6 rings (SSSR count). The number of piperidine rings is 1. The van der Waals surface area contributed by atoms with Gasteiger partial charge in [-0.3, -0.25) is 9.58 Å². The van der Waals surface area contributed by atoms with E-state index in [4.69, 9.17) is 21.1 Å². The maximum absolute atomic E-state index is 14.1. The van der Waals surface area contributed by atoms with Gasteiger partial charge in [0.1, 0.15) is 25.1 Å². The molecule has 0 amide bonds. The van der Waals surface area contributed by atoms with E-state index in [0.29, 0.717) is 34.3 Å². The lowest BCUT2D eigenvalue weighted by atomic mass is 10.1. The molecule has 1 unspecified atom stereocenters. The third kappa shape index (κ3) is 7.33. The minimum Gasteiger partial charge on any atom is -0.472 e. The lowest BCUT2D eigenvalue weighted by molar-refractivity contribution is -0.141. The lowest BCUT2D eigenvalue weighted by Crippen LogP contribution is -2.51. The third-order valence-corrected chi connectivity index (χ3v) is 8.94. The number of rotatable bonds is 10. The van der Waals surface area contributed by atoms with Gasteiger partial charge in [-0.2, -0.15) is 13.2 Å². The SMILES string of the molecule is COC(=O)c1ccc2c(c1)N(Cc1cncn1CC(F)(F)F)C(CN1CCC(n3ccc(OCc4ccc(Cl)cc4F)n3)CC1)N2C. The third-order valence-electron chi connectivity index (χ3n) is 8.70. The molecule has 250 valence electrons. The molecule has 4 heterocycles. The van der Waals surface area contributed by atoms with Crippen molar-refractivity contribution in [3.8, 4) is 5.88 Å². The number of likely N-dealkylation sites (tertiary alicyclic amines) is 1. The van der Waals surface area contributed by atoms with Gasteiger partial charge in [0.15, 0.2) is 0 Å². The summed E-state index contributed by atoms with van der Waals surface area (Å²) in [5.74, 6) is -0.527. The summed E-state index contributed by atoms with van der Waals surface area (Å²) in [7, 11) is 3.25. The molecule has 1 atom stereocenters. The summed E-state index contributed by atoms with van der Waals surface area (Å²) in [6, 6.07) is 11.6. The molecule has 15 heteroatoms. The second-order valence-electron chi connectivity index (χ2n) is 11.7. The molecule has 0 bridgehead atoms. The number of ether oxygens (including phenoxy) is 2. The van der Waals surface area contributed by atoms with Crippen LogP contribution >= 0.6 is 11.6 Å². The Kier molecular flexibility index (Phi) is 9.33. The van der Waals surface area contributed by atoms with Crippen LogP contribution < -0.4 is 14.5 Å². The number of aromatic nitrogens is 4. The van der Waals surface area contributed by atoms with E-state index in [9.17, 15) is 22.4 Å². The number of nitrogens with zero attached hydrogens (tertiary/aromatic N) is 7. The van der Waals surface area contributed by atoms with Crippen LogP contribution in [0.1, 0.15) is 40.5 Å². The Morgan fingerprint density at radius 2 is 1.87 bits per heavy atom. The van der Waals surface area contributed by atoms with Gasteiger partial charge >= 0.3 is 12.1 Å². The zero-order valence-corrected chi connectivity index (χ0v) is 26.6. The minimum absolute atomic E-state index is 0.0321. The Labute approximate surface area is 274 Å². The van der Waals surface area contributed by atoms with Gasteiger partial charge in [0, 0.05) is 55.7 Å². The van der Waals surface area contributed by atoms with E-state index in [1.165, 1.54) is 25.7 Å². The van der Waals surface area contributed by atoms with E-state index in [1.54, 1.807) is 30.3 Å². The molecule has 0 saturated carbocycles. The minimum atomic E-state index is -4.40. The van der Waals surface area contributed by atoms with Crippen molar-refractivity contribution in [2.75, 3.05) is 43.6 Å². The highest BCUT2D eigenvalue weighted by molar-refractivity contribution is 6.30. The zero-order chi connectivity index (χ0) is 33.3. The largest absolute Gasteiger partial charge is 0.472 e. The monoisotopic (exact) mass is 675 g/mol. The number of carbonyl (C=O) groups is 1. The standard InChI is InChI=1S/C32H34ClF4N7O3/c1-40-27-6-4-21(31(45)46-2)13-28(27)43(16-25-15-38-20-42(25)19-32(35,36)37)30(40)17-41-10-7-24(8-11-41)44-12-9-29(39-44)47-18-22-3-5-23(33)14-26(22)34/h3-6,9,12-15,20,24,30H,7-8,10-11,16-19H2,1-2H3. The van der Waals surface area contributed by atoms with E-state index in [1.807, 2.05) is 28.9 Å². The average Bonchev–Trinajstić information content (AvgIpc) is 3.75. The number of likely N-dealkylation sites (N-methyl/N-ethyl adjacent to an activating group) is 1. The van der Waals surface area contributed by atoms with Crippen LogP contribution in [0.3, 0.4) is 0 Å². The number of imidazole rings is 1. The van der Waals surface area contributed by atoms with Crippen molar-refractivity contribution in [3.05, 3.63) is 88.8 Å². The Morgan fingerprint density at radius 1 is 1.09 bits per heavy atom. The van der Waals surface area contributed by atoms with Crippen molar-refractivity contribution in [2.45, 2.75) is 50.9 Å². The quantitative estimate of drug-likeness (QED) is 0.152. The van der Waals surface area contributed by atoms with Gasteiger partial charge in [-0.1, -0.05) is 17.7 Å². The van der Waals surface area contributed by atoms with Crippen LogP contribution in [0, 0.1) is 5.82 Å². The zero-order valence-electron chi connectivity index (χ0n) is 25.8. The predicted molar refractivity (Wildman–Crippen MR) is 167 cm³/mol. The van der Waals surface area contributed by atoms with Crippen LogP contribution in [-0.2, 0) is 24.4 Å². The molecule has 2 aliphatic rings. The van der Waals surface area contributed by atoms with Crippen molar-refractivity contribution >= 4 is 28.9 Å². The Bertz CT molecular complexity index is 1720. The predicted octanol–water partition coefficient (Wildman–Crippen LogP) is 5.92. The lowest BCUT2D eigenvalue weighted by Gasteiger charge is -2.38. The summed E-state index contributed by atoms with van der Waals surface area (Å²) in [5, 5.41) is 4.88. The number of benzene rings is 2. The van der Waals surface area contributed by atoms with Gasteiger partial charge in [0.25, 0.3) is 0 Å². The molecule has 0 spiro atoms. The fraction of sp³-hybridized carbons (Fsp3) is 0.406. The van der Waals surface area contributed by atoms with Crippen molar-refractivity contribution < 1.29 is 31.8 Å². The van der Waals surface area contributed by atoms with Crippen molar-refractivity contribution in [2.24, 2.45) is 0 Å². The van der Waals surface area contributed by atoms with Gasteiger partial charge in [0.05, 0.1) is 48.7 Å². The number of anilines is 2. The first-order chi connectivity index (χ1) is 22.5. The highest BCUT2D eigenvalue weighted by atomic mass is 35.5. The fourth-order valence-electron chi connectivity index (χ4n) is 6.22. The summed E-state index contributed by atoms with van der Waals surface area (Å²) in [4.78, 5) is 22.8. The van der Waals surface area contributed by atoms with Crippen LogP contribution in [0.25, 0.3) is 0 Å². The number of halogens is 5. The Balaban J connectivity index is 1.13. The number of fused-ring (bicyclic) bond motifs is 1.